The number of hydrogen-bond donors (Lipinski definition) is 6. The van der Waals surface area contributed by atoms with Crippen molar-refractivity contribution < 1.29 is 34.8 Å². The summed E-state index contributed by atoms with van der Waals surface area (Å²) in [7, 11) is 8.33. The summed E-state index contributed by atoms with van der Waals surface area (Å²) in [6.07, 6.45) is 11.7. The van der Waals surface area contributed by atoms with Gasteiger partial charge in [-0.15, -0.1) is 0 Å². The van der Waals surface area contributed by atoms with Crippen LogP contribution < -0.4 is 11.1 Å². The maximum Gasteiger partial charge on any atom is 0.222 e. The van der Waals surface area contributed by atoms with E-state index in [0.717, 1.165) is 77.0 Å². The molecule has 0 aromatic rings. The molecule has 10 aliphatic carbocycles. The van der Waals surface area contributed by atoms with Gasteiger partial charge in [0.25, 0.3) is 0 Å². The molecule has 11 heteroatoms. The van der Waals surface area contributed by atoms with Crippen LogP contribution in [-0.2, 0) is 14.4 Å². The molecule has 380 valence electrons. The minimum atomic E-state index is -0.420. The topological polar surface area (TPSA) is 177 Å². The smallest absolute Gasteiger partial charge is 0.222 e. The Balaban J connectivity index is 0.000000170. The molecule has 4 spiro atoms. The van der Waals surface area contributed by atoms with Gasteiger partial charge >= 0.3 is 0 Å². The van der Waals surface area contributed by atoms with Crippen LogP contribution in [-0.4, -0.2) is 125 Å². The molecule has 0 bridgehead atoms. The number of aliphatic hydroxyl groups excluding tert-OH is 4. The van der Waals surface area contributed by atoms with Gasteiger partial charge < -0.3 is 41.3 Å². The lowest BCUT2D eigenvalue weighted by Crippen LogP contribution is -2.64. The highest BCUT2D eigenvalue weighted by atomic mass is 16.3. The summed E-state index contributed by atoms with van der Waals surface area (Å²) in [5.74, 6) is 2.24. The SMILES string of the molecule is CC(C)C(=O)N[C@H]1CCC23C[C@]24C(=O)C[C@]2(C)[C@@H]([C@H](C)N(C)C)[C@H](O)C[C@@]2(C)[C@@H]4CC[C@H]3[C@]1(C)CO.C[C@@H]([C@H]1[C@H](O)C[C@@]2(C)[C@@H]3CC[C@@H]4C5(CC[C@H](N)[C@@]4(C)CO)C[C@@]35C(=O)C[C@]12C)N(C)C. The molecule has 0 aliphatic heterocycles. The summed E-state index contributed by atoms with van der Waals surface area (Å²) in [4.78, 5) is 45.6. The average Bonchev–Trinajstić information content (AvgIpc) is 4.11. The number of Topliss-reactive ketones (excluding diaryl/α,β-unsaturated/α-hetero) is 2. The minimum absolute atomic E-state index is 0.0143. The van der Waals surface area contributed by atoms with Crippen LogP contribution in [0.3, 0.4) is 0 Å². The summed E-state index contributed by atoms with van der Waals surface area (Å²) < 4.78 is 0. The van der Waals surface area contributed by atoms with Crippen molar-refractivity contribution in [3.8, 4) is 0 Å². The van der Waals surface area contributed by atoms with Crippen molar-refractivity contribution in [2.45, 2.75) is 196 Å². The zero-order chi connectivity index (χ0) is 49.4. The Bertz CT molecular complexity index is 2030. The number of carbonyl (C=O) groups is 3. The first-order chi connectivity index (χ1) is 31.0. The summed E-state index contributed by atoms with van der Waals surface area (Å²) in [5, 5.41) is 47.2. The summed E-state index contributed by atoms with van der Waals surface area (Å²) in [6, 6.07) is 0.398. The second kappa shape index (κ2) is 15.5. The quantitative estimate of drug-likeness (QED) is 0.158. The number of nitrogens with zero attached hydrogens (tertiary/aromatic N) is 2. The molecule has 67 heavy (non-hydrogen) atoms. The fourth-order valence-electron chi connectivity index (χ4n) is 21.4. The Morgan fingerprint density at radius 3 is 1.40 bits per heavy atom. The monoisotopic (exact) mass is 935 g/mol. The Morgan fingerprint density at radius 1 is 0.627 bits per heavy atom. The Kier molecular flexibility index (Phi) is 11.7. The molecule has 1 amide bonds. The summed E-state index contributed by atoms with van der Waals surface area (Å²) in [6.45, 7) is 22.1. The molecule has 11 nitrogen and oxygen atoms in total. The van der Waals surface area contributed by atoms with Crippen molar-refractivity contribution in [3.63, 3.8) is 0 Å². The van der Waals surface area contributed by atoms with Crippen LogP contribution in [0.1, 0.15) is 159 Å². The van der Waals surface area contributed by atoms with Gasteiger partial charge in [0.2, 0.25) is 5.91 Å². The van der Waals surface area contributed by atoms with E-state index in [1.807, 2.05) is 13.8 Å². The molecule has 0 aromatic carbocycles. The number of ketones is 2. The van der Waals surface area contributed by atoms with Gasteiger partial charge in [-0.1, -0.05) is 55.4 Å². The van der Waals surface area contributed by atoms with Gasteiger partial charge in [-0.3, -0.25) is 14.4 Å². The van der Waals surface area contributed by atoms with Crippen molar-refractivity contribution >= 4 is 17.5 Å². The van der Waals surface area contributed by atoms with Crippen molar-refractivity contribution in [2.24, 2.45) is 101 Å². The Hall–Kier alpha value is -1.47. The van der Waals surface area contributed by atoms with Crippen LogP contribution in [0.2, 0.25) is 0 Å². The molecule has 7 N–H and O–H groups in total. The van der Waals surface area contributed by atoms with Crippen molar-refractivity contribution in [2.75, 3.05) is 41.4 Å². The van der Waals surface area contributed by atoms with E-state index in [1.165, 1.54) is 0 Å². The maximum atomic E-state index is 14.4. The highest BCUT2D eigenvalue weighted by Crippen LogP contribution is 2.89. The molecule has 10 rings (SSSR count). The minimum Gasteiger partial charge on any atom is -0.396 e. The van der Waals surface area contributed by atoms with Gasteiger partial charge in [0.1, 0.15) is 11.6 Å². The molecule has 10 aliphatic rings. The summed E-state index contributed by atoms with van der Waals surface area (Å²) >= 11 is 0. The molecule has 0 saturated heterocycles. The van der Waals surface area contributed by atoms with Crippen LogP contribution in [0.25, 0.3) is 0 Å². The van der Waals surface area contributed by atoms with E-state index >= 15 is 0 Å². The van der Waals surface area contributed by atoms with Gasteiger partial charge in [0.05, 0.1) is 25.4 Å². The standard InChI is InChI=1S/C30H50N2O4.C26H44N2O3/c1-17(2)25(36)31-22-11-12-29-15-30(29)21(10-9-20(29)26(22,4)16-33)27(5)13-19(34)24(18(3)32(7)8)28(27,6)14-23(30)35;1-15(28(5)6)21-16(30)11-23(3)18-8-7-17-22(2,14-29)19(27)9-10-25(17)13-26(18,25)20(31)12-24(21,23)4/h17-22,24,33-34H,9-16H2,1-8H3,(H,31,36);15-19,21,29-30H,7-14,27H2,1-6H3/t18-,19+,20-,21-,22-,24-,26-,27-,28+,29?,30-;15-,16+,17-,18-,19-,21-,22-,23-,24+,25?,26-/m00/s1. The molecule has 0 heterocycles. The average molecular weight is 935 g/mol. The number of rotatable bonds is 8. The highest BCUT2D eigenvalue weighted by Gasteiger charge is 2.88. The van der Waals surface area contributed by atoms with E-state index in [9.17, 15) is 34.8 Å². The number of hydrogen-bond acceptors (Lipinski definition) is 10. The largest absolute Gasteiger partial charge is 0.396 e. The number of aliphatic hydroxyl groups is 4. The third-order valence-electron chi connectivity index (χ3n) is 25.7. The van der Waals surface area contributed by atoms with Crippen molar-refractivity contribution in [1.29, 1.82) is 0 Å². The molecule has 0 radical (unpaired) electrons. The van der Waals surface area contributed by atoms with Gasteiger partial charge in [-0.25, -0.2) is 0 Å². The van der Waals surface area contributed by atoms with E-state index < -0.39 is 11.5 Å². The number of fused-ring (bicyclic) bond motifs is 4. The number of nitrogens with one attached hydrogen (secondary N) is 1. The van der Waals surface area contributed by atoms with E-state index in [2.05, 4.69) is 98.7 Å². The Morgan fingerprint density at radius 2 is 1.01 bits per heavy atom. The van der Waals surface area contributed by atoms with Crippen LogP contribution in [0.15, 0.2) is 0 Å². The van der Waals surface area contributed by atoms with Crippen molar-refractivity contribution in [3.05, 3.63) is 0 Å². The maximum absolute atomic E-state index is 14.4. The number of amides is 1. The van der Waals surface area contributed by atoms with E-state index in [-0.39, 0.29) is 128 Å². The van der Waals surface area contributed by atoms with Gasteiger partial charge in [-0.05, 0) is 175 Å². The molecule has 22 atom stereocenters. The first-order valence-corrected chi connectivity index (χ1v) is 27.0. The molecule has 0 aromatic heterocycles. The molecule has 2 unspecified atom stereocenters. The zero-order valence-corrected chi connectivity index (χ0v) is 44.3. The fraction of sp³-hybridized carbons (Fsp3) is 0.946. The Labute approximate surface area is 404 Å². The fourth-order valence-corrected chi connectivity index (χ4v) is 21.4. The third kappa shape index (κ3) is 5.92. The van der Waals surface area contributed by atoms with E-state index in [1.54, 1.807) is 0 Å². The third-order valence-corrected chi connectivity index (χ3v) is 25.7. The van der Waals surface area contributed by atoms with Gasteiger partial charge in [0.15, 0.2) is 0 Å². The van der Waals surface area contributed by atoms with Gasteiger partial charge in [-0.2, -0.15) is 0 Å². The molecule has 10 saturated carbocycles. The summed E-state index contributed by atoms with van der Waals surface area (Å²) in [5.41, 5.74) is 4.75. The first kappa shape index (κ1) is 50.5. The second-order valence-electron chi connectivity index (χ2n) is 28.1. The van der Waals surface area contributed by atoms with Crippen LogP contribution >= 0.6 is 0 Å². The van der Waals surface area contributed by atoms with E-state index in [4.69, 9.17) is 5.73 Å². The predicted octanol–water partition coefficient (Wildman–Crippen LogP) is 6.46. The first-order valence-electron chi connectivity index (χ1n) is 27.0. The number of nitrogens with two attached hydrogens (primary N) is 1. The predicted molar refractivity (Wildman–Crippen MR) is 261 cm³/mol. The van der Waals surface area contributed by atoms with Crippen molar-refractivity contribution in [1.82, 2.24) is 15.1 Å². The highest BCUT2D eigenvalue weighted by molar-refractivity contribution is 5.93. The molecular formula is C56H94N4O7. The van der Waals surface area contributed by atoms with Crippen LogP contribution in [0.5, 0.6) is 0 Å². The lowest BCUT2D eigenvalue weighted by molar-refractivity contribution is -0.173. The molecular weight excluding hydrogens is 841 g/mol. The van der Waals surface area contributed by atoms with Gasteiger partial charge in [0, 0.05) is 76.4 Å². The van der Waals surface area contributed by atoms with E-state index in [0.29, 0.717) is 36.2 Å². The number of carbonyl (C=O) groups excluding carboxylic acids is 3. The normalized spacial score (nSPS) is 55.4. The van der Waals surface area contributed by atoms with Crippen LogP contribution in [0, 0.1) is 95.6 Å². The zero-order valence-electron chi connectivity index (χ0n) is 44.3. The molecule has 10 fully saturated rings. The lowest BCUT2D eigenvalue weighted by atomic mass is 9.41. The second-order valence-corrected chi connectivity index (χ2v) is 28.1. The van der Waals surface area contributed by atoms with Crippen LogP contribution in [0.4, 0.5) is 0 Å². The lowest BCUT2D eigenvalue weighted by Gasteiger charge is -2.63.